The summed E-state index contributed by atoms with van der Waals surface area (Å²) in [6, 6.07) is 14.5. The quantitative estimate of drug-likeness (QED) is 0.541. The number of rotatable bonds is 3. The van der Waals surface area contributed by atoms with Crippen molar-refractivity contribution in [2.45, 2.75) is 6.42 Å². The van der Waals surface area contributed by atoms with Crippen LogP contribution in [0.5, 0.6) is 5.75 Å². The number of benzene rings is 2. The van der Waals surface area contributed by atoms with Crippen molar-refractivity contribution in [1.82, 2.24) is 14.8 Å². The lowest BCUT2D eigenvalue weighted by Crippen LogP contribution is -2.15. The molecule has 0 fully saturated rings. The minimum atomic E-state index is -0.355. The number of aromatic nitrogens is 3. The monoisotopic (exact) mass is 422 g/mol. The van der Waals surface area contributed by atoms with E-state index in [9.17, 15) is 9.59 Å². The van der Waals surface area contributed by atoms with E-state index < -0.39 is 0 Å². The van der Waals surface area contributed by atoms with Crippen molar-refractivity contribution in [3.63, 3.8) is 0 Å². The van der Waals surface area contributed by atoms with Crippen LogP contribution in [0.3, 0.4) is 0 Å². The molecular weight excluding hydrogens is 410 g/mol. The minimum absolute atomic E-state index is 0.355. The highest BCUT2D eigenvalue weighted by Gasteiger charge is 2.23. The third-order valence-corrected chi connectivity index (χ3v) is 6.29. The number of nitrogens with one attached hydrogen (secondary N) is 1. The summed E-state index contributed by atoms with van der Waals surface area (Å²) in [5, 5.41) is 7.24. The normalized spacial score (nSPS) is 12.6. The molecular formula is C21H13ClN3O3S. The molecule has 0 spiro atoms. The molecule has 8 heteroatoms. The van der Waals surface area contributed by atoms with Gasteiger partial charge in [0.15, 0.2) is 5.82 Å². The second-order valence-corrected chi connectivity index (χ2v) is 7.98. The molecule has 1 radical (unpaired) electrons. The molecule has 0 unspecified atom stereocenters. The zero-order chi connectivity index (χ0) is 20.0. The van der Waals surface area contributed by atoms with E-state index in [0.29, 0.717) is 40.9 Å². The number of H-pyrrole nitrogens is 1. The second kappa shape index (κ2) is 7.02. The summed E-state index contributed by atoms with van der Waals surface area (Å²) in [6.45, 7) is 0.496. The van der Waals surface area contributed by atoms with Crippen LogP contribution in [-0.2, 0) is 11.2 Å². The summed E-state index contributed by atoms with van der Waals surface area (Å²) >= 11 is 7.84. The Balaban J connectivity index is 1.68. The molecule has 4 aromatic rings. The van der Waals surface area contributed by atoms with E-state index in [1.54, 1.807) is 24.3 Å². The van der Waals surface area contributed by atoms with Crippen molar-refractivity contribution < 1.29 is 9.53 Å². The number of hydrogen-bond donors (Lipinski definition) is 1. The van der Waals surface area contributed by atoms with Crippen LogP contribution in [0, 0.1) is 0 Å². The van der Waals surface area contributed by atoms with Crippen LogP contribution in [0.25, 0.3) is 26.8 Å². The van der Waals surface area contributed by atoms with Crippen molar-refractivity contribution in [3.05, 3.63) is 75.2 Å². The Morgan fingerprint density at radius 1 is 1.21 bits per heavy atom. The number of halogens is 1. The number of hydrogen-bond acceptors (Lipinski definition) is 5. The van der Waals surface area contributed by atoms with E-state index >= 15 is 0 Å². The predicted molar refractivity (Wildman–Crippen MR) is 112 cm³/mol. The van der Waals surface area contributed by atoms with Crippen molar-refractivity contribution in [2.75, 3.05) is 6.61 Å². The van der Waals surface area contributed by atoms with Gasteiger partial charge >= 0.3 is 5.69 Å². The number of carbonyl (C=O) groups excluding carboxylic acids is 1. The standard InChI is InChI=1S/C21H13ClN3O3S/c22-15-3-1-2-4-16(15)25-20(23-24-21(25)27)18-10-13-7-8-28-17-9-12(11-26)5-6-14(17)19(13)29-18/h1-6,9-10H,7-8H2,(H,24,27). The van der Waals surface area contributed by atoms with E-state index in [0.717, 1.165) is 20.9 Å². The molecule has 0 saturated carbocycles. The number of aromatic amines is 1. The van der Waals surface area contributed by atoms with Crippen molar-refractivity contribution >= 4 is 29.2 Å². The maximum absolute atomic E-state index is 12.5. The first-order chi connectivity index (χ1) is 14.2. The van der Waals surface area contributed by atoms with E-state index in [-0.39, 0.29) is 5.69 Å². The number of nitrogens with zero attached hydrogens (tertiary/aromatic N) is 2. The first kappa shape index (κ1) is 17.9. The van der Waals surface area contributed by atoms with Gasteiger partial charge < -0.3 is 4.74 Å². The molecule has 5 rings (SSSR count). The lowest BCUT2D eigenvalue weighted by Gasteiger charge is -2.08. The molecule has 0 amide bonds. The van der Waals surface area contributed by atoms with Crippen LogP contribution >= 0.6 is 22.9 Å². The molecule has 0 atom stereocenters. The second-order valence-electron chi connectivity index (χ2n) is 6.52. The lowest BCUT2D eigenvalue weighted by atomic mass is 10.1. The van der Waals surface area contributed by atoms with E-state index in [1.165, 1.54) is 15.9 Å². The lowest BCUT2D eigenvalue weighted by molar-refractivity contribution is 0.326. The first-order valence-electron chi connectivity index (χ1n) is 8.86. The van der Waals surface area contributed by atoms with Gasteiger partial charge in [-0.05, 0) is 42.0 Å². The zero-order valence-corrected chi connectivity index (χ0v) is 16.5. The van der Waals surface area contributed by atoms with Crippen LogP contribution < -0.4 is 10.4 Å². The van der Waals surface area contributed by atoms with Crippen molar-refractivity contribution in [1.29, 1.82) is 0 Å². The number of thiophene rings is 1. The molecule has 3 heterocycles. The summed E-state index contributed by atoms with van der Waals surface area (Å²) in [4.78, 5) is 25.3. The highest BCUT2D eigenvalue weighted by Crippen LogP contribution is 2.43. The summed E-state index contributed by atoms with van der Waals surface area (Å²) in [7, 11) is 0. The molecule has 0 aliphatic carbocycles. The van der Waals surface area contributed by atoms with E-state index in [1.807, 2.05) is 30.6 Å². The van der Waals surface area contributed by atoms with Gasteiger partial charge in [-0.15, -0.1) is 11.3 Å². The summed E-state index contributed by atoms with van der Waals surface area (Å²) in [5.74, 6) is 1.16. The number of ether oxygens (including phenoxy) is 1. The van der Waals surface area contributed by atoms with Crippen LogP contribution in [-0.4, -0.2) is 27.7 Å². The average Bonchev–Trinajstić information content (AvgIpc) is 3.27. The third-order valence-electron chi connectivity index (χ3n) is 4.77. The van der Waals surface area contributed by atoms with Gasteiger partial charge in [-0.2, -0.15) is 5.10 Å². The maximum atomic E-state index is 12.5. The molecule has 2 aromatic carbocycles. The first-order valence-corrected chi connectivity index (χ1v) is 10.1. The molecule has 6 nitrogen and oxygen atoms in total. The molecule has 1 aliphatic rings. The van der Waals surface area contributed by atoms with Gasteiger partial charge in [0.2, 0.25) is 6.29 Å². The highest BCUT2D eigenvalue weighted by atomic mass is 35.5. The Bertz CT molecular complexity index is 1300. The fourth-order valence-electron chi connectivity index (χ4n) is 3.44. The van der Waals surface area contributed by atoms with Gasteiger partial charge in [0.1, 0.15) is 5.75 Å². The average molecular weight is 423 g/mol. The van der Waals surface area contributed by atoms with Gasteiger partial charge in [-0.3, -0.25) is 4.79 Å². The molecule has 1 N–H and O–H groups in total. The van der Waals surface area contributed by atoms with Crippen molar-refractivity contribution in [2.24, 2.45) is 0 Å². The Hall–Kier alpha value is -3.16. The van der Waals surface area contributed by atoms with Gasteiger partial charge in [0.05, 0.1) is 22.2 Å². The zero-order valence-electron chi connectivity index (χ0n) is 14.9. The topological polar surface area (TPSA) is 77.0 Å². The summed E-state index contributed by atoms with van der Waals surface area (Å²) in [6.07, 6.45) is 2.60. The summed E-state index contributed by atoms with van der Waals surface area (Å²) in [5.41, 5.74) is 2.68. The number of fused-ring (bicyclic) bond motifs is 3. The van der Waals surface area contributed by atoms with Crippen molar-refractivity contribution in [3.8, 4) is 32.6 Å². The Morgan fingerprint density at radius 3 is 2.90 bits per heavy atom. The van der Waals surface area contributed by atoms with Crippen LogP contribution in [0.4, 0.5) is 0 Å². The van der Waals surface area contributed by atoms with Crippen LogP contribution in [0.2, 0.25) is 5.02 Å². The van der Waals surface area contributed by atoms with Gasteiger partial charge in [-0.25, -0.2) is 14.5 Å². The van der Waals surface area contributed by atoms with Crippen LogP contribution in [0.1, 0.15) is 11.1 Å². The van der Waals surface area contributed by atoms with E-state index in [4.69, 9.17) is 16.3 Å². The number of para-hydroxylation sites is 1. The molecule has 143 valence electrons. The maximum Gasteiger partial charge on any atom is 0.348 e. The third kappa shape index (κ3) is 2.99. The Kier molecular flexibility index (Phi) is 4.34. The smallest absolute Gasteiger partial charge is 0.348 e. The fraction of sp³-hybridized carbons (Fsp3) is 0.0952. The molecule has 1 aliphatic heterocycles. The molecule has 2 aromatic heterocycles. The SMILES string of the molecule is O=[C]c1ccc2c(c1)OCCc1cc(-c3n[nH]c(=O)n3-c3ccccc3Cl)sc1-2. The van der Waals surface area contributed by atoms with Gasteiger partial charge in [0, 0.05) is 22.4 Å². The Morgan fingerprint density at radius 2 is 2.07 bits per heavy atom. The Labute approximate surface area is 174 Å². The highest BCUT2D eigenvalue weighted by molar-refractivity contribution is 7.19. The van der Waals surface area contributed by atoms with Gasteiger partial charge in [0.25, 0.3) is 0 Å². The largest absolute Gasteiger partial charge is 0.493 e. The predicted octanol–water partition coefficient (Wildman–Crippen LogP) is 4.00. The van der Waals surface area contributed by atoms with E-state index in [2.05, 4.69) is 10.2 Å². The molecule has 0 bridgehead atoms. The summed E-state index contributed by atoms with van der Waals surface area (Å²) < 4.78 is 7.31. The van der Waals surface area contributed by atoms with Gasteiger partial charge in [-0.1, -0.05) is 23.7 Å². The fourth-order valence-corrected chi connectivity index (χ4v) is 4.88. The molecule has 29 heavy (non-hydrogen) atoms. The van der Waals surface area contributed by atoms with Crippen LogP contribution in [0.15, 0.2) is 53.3 Å². The molecule has 0 saturated heterocycles. The minimum Gasteiger partial charge on any atom is -0.493 e.